The molecule has 0 atom stereocenters. The number of aromatic nitrogens is 2. The van der Waals surface area contributed by atoms with Gasteiger partial charge in [0.15, 0.2) is 5.69 Å². The normalized spacial score (nSPS) is 10.8. The molecule has 4 aromatic rings. The van der Waals surface area contributed by atoms with Crippen molar-refractivity contribution in [3.8, 4) is 0 Å². The first-order valence-electron chi connectivity index (χ1n) is 9.71. The van der Waals surface area contributed by atoms with Gasteiger partial charge in [0.1, 0.15) is 17.4 Å². The fraction of sp³-hybridized carbons (Fsp3) is 0.0870. The number of benzene rings is 2. The van der Waals surface area contributed by atoms with Crippen LogP contribution in [0.15, 0.2) is 87.0 Å². The Hall–Kier alpha value is -4.40. The van der Waals surface area contributed by atoms with E-state index in [0.29, 0.717) is 5.76 Å². The minimum Gasteiger partial charge on any atom is -0.467 e. The summed E-state index contributed by atoms with van der Waals surface area (Å²) in [7, 11) is 0. The van der Waals surface area contributed by atoms with Gasteiger partial charge in [0.25, 0.3) is 11.5 Å². The molecule has 0 aliphatic heterocycles. The number of furan rings is 1. The molecular formula is C23H19FN4O4. The van der Waals surface area contributed by atoms with Crippen LogP contribution in [0.5, 0.6) is 0 Å². The van der Waals surface area contributed by atoms with E-state index in [9.17, 15) is 18.8 Å². The van der Waals surface area contributed by atoms with Crippen molar-refractivity contribution in [2.24, 2.45) is 0 Å². The van der Waals surface area contributed by atoms with E-state index in [-0.39, 0.29) is 30.2 Å². The molecule has 2 aromatic heterocycles. The lowest BCUT2D eigenvalue weighted by Gasteiger charge is -2.24. The Morgan fingerprint density at radius 1 is 1.03 bits per heavy atom. The third-order valence-corrected chi connectivity index (χ3v) is 4.91. The first-order chi connectivity index (χ1) is 15.5. The lowest BCUT2D eigenvalue weighted by atomic mass is 10.1. The number of carbonyl (C=O) groups is 1. The van der Waals surface area contributed by atoms with Gasteiger partial charge in [-0.25, -0.2) is 9.18 Å². The summed E-state index contributed by atoms with van der Waals surface area (Å²) in [6.45, 7) is -0.130. The van der Waals surface area contributed by atoms with Gasteiger partial charge in [0.2, 0.25) is 0 Å². The molecule has 0 fully saturated rings. The van der Waals surface area contributed by atoms with Gasteiger partial charge in [-0.15, -0.1) is 0 Å². The zero-order valence-electron chi connectivity index (χ0n) is 16.8. The number of amides is 1. The van der Waals surface area contributed by atoms with Crippen molar-refractivity contribution in [2.75, 3.05) is 10.6 Å². The Morgan fingerprint density at radius 3 is 2.44 bits per heavy atom. The number of nitrogens with one attached hydrogen (secondary N) is 1. The largest absolute Gasteiger partial charge is 0.467 e. The molecule has 32 heavy (non-hydrogen) atoms. The highest BCUT2D eigenvalue weighted by Gasteiger charge is 2.28. The first-order valence-corrected chi connectivity index (χ1v) is 9.71. The number of hydrogen-bond acceptors (Lipinski definition) is 5. The van der Waals surface area contributed by atoms with Crippen molar-refractivity contribution in [3.05, 3.63) is 117 Å². The average molecular weight is 434 g/mol. The van der Waals surface area contributed by atoms with Gasteiger partial charge in [-0.2, -0.15) is 0 Å². The van der Waals surface area contributed by atoms with Crippen molar-refractivity contribution in [1.82, 2.24) is 9.55 Å². The summed E-state index contributed by atoms with van der Waals surface area (Å²) in [4.78, 5) is 41.8. The standard InChI is InChI=1S/C23H19FN4O4/c24-18-11-5-4-10-17(18)22(30)27(14-16-9-6-12-32-16)19-20(25)28(23(31)26-21(19)29)13-15-7-2-1-3-8-15/h1-12H,13-14,25H2,(H,26,29,31). The van der Waals surface area contributed by atoms with Crippen LogP contribution in [0.4, 0.5) is 15.9 Å². The maximum absolute atomic E-state index is 14.4. The number of hydrogen-bond donors (Lipinski definition) is 2. The maximum atomic E-state index is 14.4. The number of rotatable bonds is 6. The number of nitrogens with zero attached hydrogens (tertiary/aromatic N) is 2. The minimum atomic E-state index is -0.868. The number of nitrogen functional groups attached to an aromatic ring is 1. The predicted octanol–water partition coefficient (Wildman–Crippen LogP) is 2.75. The fourth-order valence-corrected chi connectivity index (χ4v) is 3.35. The molecular weight excluding hydrogens is 415 g/mol. The van der Waals surface area contributed by atoms with E-state index >= 15 is 0 Å². The van der Waals surface area contributed by atoms with Crippen LogP contribution in [-0.4, -0.2) is 15.5 Å². The second-order valence-electron chi connectivity index (χ2n) is 7.02. The zero-order valence-corrected chi connectivity index (χ0v) is 16.8. The lowest BCUT2D eigenvalue weighted by Crippen LogP contribution is -2.41. The average Bonchev–Trinajstić information content (AvgIpc) is 3.30. The van der Waals surface area contributed by atoms with Gasteiger partial charge in [0.05, 0.1) is 24.9 Å². The molecule has 0 saturated carbocycles. The summed E-state index contributed by atoms with van der Waals surface area (Å²) in [5, 5.41) is 0. The molecule has 4 rings (SSSR count). The SMILES string of the molecule is Nc1c(N(Cc2ccco2)C(=O)c2ccccc2F)c(=O)[nH]c(=O)n1Cc1ccccc1. The summed E-state index contributed by atoms with van der Waals surface area (Å²) in [6, 6.07) is 17.6. The summed E-state index contributed by atoms with van der Waals surface area (Å²) in [5.41, 5.74) is 4.89. The molecule has 0 bridgehead atoms. The molecule has 8 nitrogen and oxygen atoms in total. The molecule has 0 unspecified atom stereocenters. The second-order valence-corrected chi connectivity index (χ2v) is 7.02. The Kier molecular flexibility index (Phi) is 5.71. The molecule has 0 spiro atoms. The van der Waals surface area contributed by atoms with Crippen LogP contribution < -0.4 is 21.9 Å². The van der Waals surface area contributed by atoms with Crippen molar-refractivity contribution >= 4 is 17.4 Å². The van der Waals surface area contributed by atoms with E-state index in [4.69, 9.17) is 10.2 Å². The molecule has 1 amide bonds. The summed E-state index contributed by atoms with van der Waals surface area (Å²) in [6.07, 6.45) is 1.41. The number of anilines is 2. The lowest BCUT2D eigenvalue weighted by molar-refractivity contribution is 0.0979. The number of nitrogens with two attached hydrogens (primary N) is 1. The van der Waals surface area contributed by atoms with Crippen LogP contribution >= 0.6 is 0 Å². The smallest absolute Gasteiger partial charge is 0.330 e. The van der Waals surface area contributed by atoms with Gasteiger partial charge in [-0.1, -0.05) is 42.5 Å². The Balaban J connectivity index is 1.86. The molecule has 0 aliphatic rings. The highest BCUT2D eigenvalue weighted by atomic mass is 19.1. The fourth-order valence-electron chi connectivity index (χ4n) is 3.35. The van der Waals surface area contributed by atoms with E-state index in [1.54, 1.807) is 36.4 Å². The molecule has 0 radical (unpaired) electrons. The summed E-state index contributed by atoms with van der Waals surface area (Å²) < 4.78 is 20.9. The Morgan fingerprint density at radius 2 is 1.75 bits per heavy atom. The number of halogens is 1. The zero-order chi connectivity index (χ0) is 22.7. The molecule has 162 valence electrons. The van der Waals surface area contributed by atoms with Crippen LogP contribution in [-0.2, 0) is 13.1 Å². The minimum absolute atomic E-state index is 0.0672. The van der Waals surface area contributed by atoms with Crippen molar-refractivity contribution in [3.63, 3.8) is 0 Å². The van der Waals surface area contributed by atoms with Crippen LogP contribution in [0.1, 0.15) is 21.7 Å². The number of carbonyl (C=O) groups excluding carboxylic acids is 1. The third-order valence-electron chi connectivity index (χ3n) is 4.91. The van der Waals surface area contributed by atoms with Crippen molar-refractivity contribution in [1.29, 1.82) is 0 Å². The topological polar surface area (TPSA) is 114 Å². The van der Waals surface area contributed by atoms with Crippen molar-refractivity contribution in [2.45, 2.75) is 13.1 Å². The van der Waals surface area contributed by atoms with Gasteiger partial charge in [-0.3, -0.25) is 24.0 Å². The van der Waals surface area contributed by atoms with Crippen LogP contribution in [0, 0.1) is 5.82 Å². The molecule has 0 aliphatic carbocycles. The second kappa shape index (κ2) is 8.76. The van der Waals surface area contributed by atoms with Crippen molar-refractivity contribution < 1.29 is 13.6 Å². The van der Waals surface area contributed by atoms with E-state index in [0.717, 1.165) is 21.1 Å². The first kappa shape index (κ1) is 20.9. The Bertz CT molecular complexity index is 1360. The number of H-pyrrole nitrogens is 1. The Labute approximate surface area is 181 Å². The molecule has 0 saturated heterocycles. The summed E-state index contributed by atoms with van der Waals surface area (Å²) >= 11 is 0. The molecule has 9 heteroatoms. The highest BCUT2D eigenvalue weighted by Crippen LogP contribution is 2.23. The van der Waals surface area contributed by atoms with E-state index in [1.807, 2.05) is 6.07 Å². The molecule has 2 heterocycles. The van der Waals surface area contributed by atoms with E-state index in [1.165, 1.54) is 24.5 Å². The number of aromatic amines is 1. The van der Waals surface area contributed by atoms with E-state index < -0.39 is 23.0 Å². The van der Waals surface area contributed by atoms with Crippen LogP contribution in [0.25, 0.3) is 0 Å². The van der Waals surface area contributed by atoms with Gasteiger partial charge >= 0.3 is 5.69 Å². The van der Waals surface area contributed by atoms with Gasteiger partial charge in [0, 0.05) is 0 Å². The predicted molar refractivity (Wildman–Crippen MR) is 117 cm³/mol. The maximum Gasteiger partial charge on any atom is 0.330 e. The quantitative estimate of drug-likeness (QED) is 0.484. The van der Waals surface area contributed by atoms with Gasteiger partial charge in [-0.05, 0) is 29.8 Å². The molecule has 3 N–H and O–H groups in total. The monoisotopic (exact) mass is 434 g/mol. The van der Waals surface area contributed by atoms with E-state index in [2.05, 4.69) is 4.98 Å². The highest BCUT2D eigenvalue weighted by molar-refractivity contribution is 6.07. The van der Waals surface area contributed by atoms with Crippen LogP contribution in [0.3, 0.4) is 0 Å². The molecule has 2 aromatic carbocycles. The third kappa shape index (κ3) is 4.08. The van der Waals surface area contributed by atoms with Gasteiger partial charge < -0.3 is 10.2 Å². The summed E-state index contributed by atoms with van der Waals surface area (Å²) in [5.74, 6) is -1.44. The van der Waals surface area contributed by atoms with Crippen LogP contribution in [0.2, 0.25) is 0 Å².